The Balaban J connectivity index is 1.94. The van der Waals surface area contributed by atoms with Gasteiger partial charge in [0, 0.05) is 18.9 Å². The van der Waals surface area contributed by atoms with E-state index in [1.54, 1.807) is 18.5 Å². The van der Waals surface area contributed by atoms with Gasteiger partial charge < -0.3 is 9.64 Å². The summed E-state index contributed by atoms with van der Waals surface area (Å²) in [6.07, 6.45) is 3.80. The molecule has 2 heterocycles. The highest BCUT2D eigenvalue weighted by molar-refractivity contribution is 6.02. The van der Waals surface area contributed by atoms with Crippen molar-refractivity contribution in [1.29, 1.82) is 0 Å². The van der Waals surface area contributed by atoms with Crippen LogP contribution in [0.2, 0.25) is 0 Å². The molecule has 0 spiro atoms. The second kappa shape index (κ2) is 6.27. The quantitative estimate of drug-likeness (QED) is 0.583. The number of carbonyl (C=O) groups excluding carboxylic acids is 3. The lowest BCUT2D eigenvalue weighted by molar-refractivity contribution is -0.154. The SMILES string of the molecule is COC(=O)C1CCN(C(=O)Cc2cccnc2)CC1=O. The summed E-state index contributed by atoms with van der Waals surface area (Å²) in [7, 11) is 1.26. The minimum atomic E-state index is -0.734. The molecule has 1 aromatic rings. The standard InChI is InChI=1S/C14H16N2O4/c1-20-14(19)11-4-6-16(9-12(11)17)13(18)7-10-3-2-5-15-8-10/h2-3,5,8,11H,4,6-7,9H2,1H3. The number of piperidine rings is 1. The van der Waals surface area contributed by atoms with Gasteiger partial charge >= 0.3 is 5.97 Å². The van der Waals surface area contributed by atoms with Gasteiger partial charge in [-0.25, -0.2) is 0 Å². The fraction of sp³-hybridized carbons (Fsp3) is 0.429. The van der Waals surface area contributed by atoms with E-state index >= 15 is 0 Å². The van der Waals surface area contributed by atoms with E-state index < -0.39 is 11.9 Å². The van der Waals surface area contributed by atoms with Crippen molar-refractivity contribution in [3.63, 3.8) is 0 Å². The molecule has 1 unspecified atom stereocenters. The van der Waals surface area contributed by atoms with Gasteiger partial charge in [0.25, 0.3) is 0 Å². The third kappa shape index (κ3) is 3.20. The first kappa shape index (κ1) is 14.2. The Hall–Kier alpha value is -2.24. The Morgan fingerprint density at radius 1 is 1.50 bits per heavy atom. The summed E-state index contributed by atoms with van der Waals surface area (Å²) in [5, 5.41) is 0. The lowest BCUT2D eigenvalue weighted by atomic mass is 9.95. The van der Waals surface area contributed by atoms with Crippen LogP contribution in [0.25, 0.3) is 0 Å². The molecule has 1 aliphatic rings. The average molecular weight is 276 g/mol. The van der Waals surface area contributed by atoms with Crippen molar-refractivity contribution in [3.8, 4) is 0 Å². The number of pyridine rings is 1. The minimum absolute atomic E-state index is 0.0289. The summed E-state index contributed by atoms with van der Waals surface area (Å²) in [6.45, 7) is 0.365. The first-order valence-corrected chi connectivity index (χ1v) is 6.39. The van der Waals surface area contributed by atoms with E-state index in [1.807, 2.05) is 6.07 Å². The largest absolute Gasteiger partial charge is 0.468 e. The van der Waals surface area contributed by atoms with Crippen LogP contribution in [0.15, 0.2) is 24.5 Å². The Morgan fingerprint density at radius 3 is 2.90 bits per heavy atom. The van der Waals surface area contributed by atoms with Crippen molar-refractivity contribution in [2.24, 2.45) is 5.92 Å². The Bertz CT molecular complexity index is 515. The molecular weight excluding hydrogens is 260 g/mol. The van der Waals surface area contributed by atoms with E-state index in [0.717, 1.165) is 5.56 Å². The molecular formula is C14H16N2O4. The van der Waals surface area contributed by atoms with E-state index in [-0.39, 0.29) is 24.7 Å². The van der Waals surface area contributed by atoms with Crippen molar-refractivity contribution < 1.29 is 19.1 Å². The molecule has 0 bridgehead atoms. The van der Waals surface area contributed by atoms with Crippen LogP contribution >= 0.6 is 0 Å². The topological polar surface area (TPSA) is 76.6 Å². The van der Waals surface area contributed by atoms with Gasteiger partial charge in [-0.3, -0.25) is 19.4 Å². The van der Waals surface area contributed by atoms with Gasteiger partial charge in [0.15, 0.2) is 5.78 Å². The maximum Gasteiger partial charge on any atom is 0.316 e. The second-order valence-corrected chi connectivity index (χ2v) is 4.68. The minimum Gasteiger partial charge on any atom is -0.468 e. The van der Waals surface area contributed by atoms with Gasteiger partial charge in [0.05, 0.1) is 20.1 Å². The zero-order valence-electron chi connectivity index (χ0n) is 11.2. The van der Waals surface area contributed by atoms with Crippen LogP contribution in [0, 0.1) is 5.92 Å². The Kier molecular flexibility index (Phi) is 4.45. The molecule has 0 saturated carbocycles. The molecule has 1 atom stereocenters. The van der Waals surface area contributed by atoms with Crippen molar-refractivity contribution in [2.75, 3.05) is 20.2 Å². The number of nitrogens with zero attached hydrogens (tertiary/aromatic N) is 2. The maximum atomic E-state index is 12.1. The number of Topliss-reactive ketones (excluding diaryl/α,β-unsaturated/α-hetero) is 1. The lowest BCUT2D eigenvalue weighted by Crippen LogP contribution is -2.47. The zero-order valence-corrected chi connectivity index (χ0v) is 11.2. The van der Waals surface area contributed by atoms with E-state index in [1.165, 1.54) is 12.0 Å². The van der Waals surface area contributed by atoms with Crippen molar-refractivity contribution in [3.05, 3.63) is 30.1 Å². The van der Waals surface area contributed by atoms with Crippen LogP contribution in [-0.4, -0.2) is 47.7 Å². The van der Waals surface area contributed by atoms with Gasteiger partial charge in [-0.05, 0) is 18.1 Å². The number of hydrogen-bond acceptors (Lipinski definition) is 5. The summed E-state index contributed by atoms with van der Waals surface area (Å²) in [4.78, 5) is 40.8. The highest BCUT2D eigenvalue weighted by Crippen LogP contribution is 2.16. The van der Waals surface area contributed by atoms with Gasteiger partial charge in [0.1, 0.15) is 5.92 Å². The molecule has 1 aliphatic heterocycles. The van der Waals surface area contributed by atoms with Crippen LogP contribution in [0.1, 0.15) is 12.0 Å². The van der Waals surface area contributed by atoms with Crippen molar-refractivity contribution in [1.82, 2.24) is 9.88 Å². The molecule has 2 rings (SSSR count). The number of carbonyl (C=O) groups is 3. The molecule has 20 heavy (non-hydrogen) atoms. The fourth-order valence-electron chi connectivity index (χ4n) is 2.22. The lowest BCUT2D eigenvalue weighted by Gasteiger charge is -2.29. The summed E-state index contributed by atoms with van der Waals surface area (Å²) >= 11 is 0. The molecule has 1 amide bonds. The smallest absolute Gasteiger partial charge is 0.316 e. The van der Waals surface area contributed by atoms with Gasteiger partial charge in [-0.2, -0.15) is 0 Å². The molecule has 0 aromatic carbocycles. The molecule has 0 aliphatic carbocycles. The number of methoxy groups -OCH3 is 1. The molecule has 0 N–H and O–H groups in total. The highest BCUT2D eigenvalue weighted by atomic mass is 16.5. The number of hydrogen-bond donors (Lipinski definition) is 0. The molecule has 6 heteroatoms. The zero-order chi connectivity index (χ0) is 14.5. The summed E-state index contributed by atoms with van der Waals surface area (Å²) < 4.78 is 4.58. The van der Waals surface area contributed by atoms with Gasteiger partial charge in [-0.15, -0.1) is 0 Å². The monoisotopic (exact) mass is 276 g/mol. The second-order valence-electron chi connectivity index (χ2n) is 4.68. The van der Waals surface area contributed by atoms with E-state index in [9.17, 15) is 14.4 Å². The van der Waals surface area contributed by atoms with Crippen LogP contribution in [0.5, 0.6) is 0 Å². The fourth-order valence-corrected chi connectivity index (χ4v) is 2.22. The number of likely N-dealkylation sites (tertiary alicyclic amines) is 1. The number of aromatic nitrogens is 1. The van der Waals surface area contributed by atoms with E-state index in [0.29, 0.717) is 13.0 Å². The molecule has 106 valence electrons. The van der Waals surface area contributed by atoms with Crippen LogP contribution < -0.4 is 0 Å². The summed E-state index contributed by atoms with van der Waals surface area (Å²) in [6, 6.07) is 3.57. The van der Waals surface area contributed by atoms with Crippen LogP contribution in [-0.2, 0) is 25.5 Å². The molecule has 1 saturated heterocycles. The van der Waals surface area contributed by atoms with Gasteiger partial charge in [0.2, 0.25) is 5.91 Å². The average Bonchev–Trinajstić information content (AvgIpc) is 2.47. The molecule has 1 aromatic heterocycles. The Morgan fingerprint density at radius 2 is 2.30 bits per heavy atom. The number of ether oxygens (including phenoxy) is 1. The highest BCUT2D eigenvalue weighted by Gasteiger charge is 2.34. The number of amides is 1. The van der Waals surface area contributed by atoms with Crippen molar-refractivity contribution in [2.45, 2.75) is 12.8 Å². The summed E-state index contributed by atoms with van der Waals surface area (Å²) in [5.74, 6) is -1.64. The molecule has 1 fully saturated rings. The third-order valence-electron chi connectivity index (χ3n) is 3.34. The van der Waals surface area contributed by atoms with E-state index in [4.69, 9.17) is 0 Å². The summed E-state index contributed by atoms with van der Waals surface area (Å²) in [5.41, 5.74) is 0.806. The number of esters is 1. The number of ketones is 1. The third-order valence-corrected chi connectivity index (χ3v) is 3.34. The van der Waals surface area contributed by atoms with Crippen LogP contribution in [0.3, 0.4) is 0 Å². The Labute approximate surface area is 116 Å². The first-order valence-electron chi connectivity index (χ1n) is 6.39. The first-order chi connectivity index (χ1) is 9.61. The van der Waals surface area contributed by atoms with E-state index in [2.05, 4.69) is 9.72 Å². The van der Waals surface area contributed by atoms with Crippen molar-refractivity contribution >= 4 is 17.7 Å². The van der Waals surface area contributed by atoms with Gasteiger partial charge in [-0.1, -0.05) is 6.07 Å². The normalized spacial score (nSPS) is 18.8. The maximum absolute atomic E-state index is 12.1. The predicted molar refractivity (Wildman–Crippen MR) is 69.7 cm³/mol. The molecule has 6 nitrogen and oxygen atoms in total. The number of rotatable bonds is 3. The molecule has 0 radical (unpaired) electrons. The van der Waals surface area contributed by atoms with Crippen LogP contribution in [0.4, 0.5) is 0 Å². The predicted octanol–water partition coefficient (Wildman–Crippen LogP) is 0.215.